The summed E-state index contributed by atoms with van der Waals surface area (Å²) in [5.41, 5.74) is 2.67. The van der Waals surface area contributed by atoms with Gasteiger partial charge in [0.15, 0.2) is 0 Å². The summed E-state index contributed by atoms with van der Waals surface area (Å²) >= 11 is 0. The molecule has 2 heterocycles. The Morgan fingerprint density at radius 2 is 2.09 bits per heavy atom. The lowest BCUT2D eigenvalue weighted by atomic mass is 10.2. The quantitative estimate of drug-likeness (QED) is 0.730. The molecule has 2 rings (SSSR count). The molecule has 118 valence electrons. The van der Waals surface area contributed by atoms with Crippen molar-refractivity contribution in [2.75, 3.05) is 6.54 Å². The van der Waals surface area contributed by atoms with Gasteiger partial charge in [0.05, 0.1) is 12.1 Å². The van der Waals surface area contributed by atoms with E-state index in [0.29, 0.717) is 13.0 Å². The number of pyridine rings is 1. The highest BCUT2D eigenvalue weighted by Crippen LogP contribution is 2.08. The number of hydrogen-bond donors (Lipinski definition) is 2. The number of aliphatic carboxylic acids is 1. The van der Waals surface area contributed by atoms with Crippen LogP contribution in [0.5, 0.6) is 0 Å². The van der Waals surface area contributed by atoms with E-state index in [4.69, 9.17) is 5.11 Å². The van der Waals surface area contributed by atoms with Crippen molar-refractivity contribution in [2.45, 2.75) is 39.0 Å². The lowest BCUT2D eigenvalue weighted by Gasteiger charge is -2.03. The molecular weight excluding hydrogens is 282 g/mol. The number of carboxylic acids is 1. The largest absolute Gasteiger partial charge is 0.481 e. The van der Waals surface area contributed by atoms with Crippen LogP contribution in [0.2, 0.25) is 0 Å². The number of aryl methyl sites for hydroxylation is 1. The van der Waals surface area contributed by atoms with Gasteiger partial charge in [-0.1, -0.05) is 12.5 Å². The van der Waals surface area contributed by atoms with Crippen molar-refractivity contribution in [1.82, 2.24) is 14.7 Å². The first-order valence-electron chi connectivity index (χ1n) is 7.48. The predicted molar refractivity (Wildman–Crippen MR) is 82.7 cm³/mol. The van der Waals surface area contributed by atoms with Crippen molar-refractivity contribution in [3.8, 4) is 0 Å². The van der Waals surface area contributed by atoms with Gasteiger partial charge in [-0.25, -0.2) is 4.98 Å². The van der Waals surface area contributed by atoms with Crippen molar-refractivity contribution in [3.63, 3.8) is 0 Å². The monoisotopic (exact) mass is 303 g/mol. The van der Waals surface area contributed by atoms with Gasteiger partial charge in [-0.3, -0.25) is 9.59 Å². The summed E-state index contributed by atoms with van der Waals surface area (Å²) in [6.45, 7) is 2.57. The molecule has 0 bridgehead atoms. The third-order valence-electron chi connectivity index (χ3n) is 3.48. The smallest absolute Gasteiger partial charge is 0.303 e. The molecule has 1 amide bonds. The highest BCUT2D eigenvalue weighted by molar-refractivity contribution is 5.78. The van der Waals surface area contributed by atoms with Crippen molar-refractivity contribution in [1.29, 1.82) is 0 Å². The van der Waals surface area contributed by atoms with Crippen molar-refractivity contribution in [2.24, 2.45) is 0 Å². The number of nitrogens with zero attached hydrogens (tertiary/aromatic N) is 2. The fourth-order valence-electron chi connectivity index (χ4n) is 2.32. The van der Waals surface area contributed by atoms with Crippen molar-refractivity contribution < 1.29 is 14.7 Å². The highest BCUT2D eigenvalue weighted by atomic mass is 16.4. The average Bonchev–Trinajstić information content (AvgIpc) is 2.86. The van der Waals surface area contributed by atoms with Gasteiger partial charge >= 0.3 is 5.97 Å². The van der Waals surface area contributed by atoms with Crippen molar-refractivity contribution in [3.05, 3.63) is 35.8 Å². The lowest BCUT2D eigenvalue weighted by Crippen LogP contribution is -2.26. The molecule has 0 spiro atoms. The molecule has 0 saturated carbocycles. The zero-order valence-corrected chi connectivity index (χ0v) is 12.7. The normalized spacial score (nSPS) is 10.8. The van der Waals surface area contributed by atoms with Crippen molar-refractivity contribution >= 4 is 17.5 Å². The number of fused-ring (bicyclic) bond motifs is 1. The number of imidazole rings is 1. The van der Waals surface area contributed by atoms with E-state index in [2.05, 4.69) is 10.3 Å². The molecule has 0 atom stereocenters. The number of rotatable bonds is 8. The molecular formula is C16H21N3O3. The van der Waals surface area contributed by atoms with Crippen LogP contribution in [0, 0.1) is 6.92 Å². The number of carboxylic acid groups (broad SMARTS) is 1. The van der Waals surface area contributed by atoms with Crippen LogP contribution in [0.3, 0.4) is 0 Å². The Morgan fingerprint density at radius 3 is 2.82 bits per heavy atom. The molecule has 0 unspecified atom stereocenters. The molecule has 22 heavy (non-hydrogen) atoms. The molecule has 0 aliphatic rings. The number of carbonyl (C=O) groups excluding carboxylic acids is 1. The minimum Gasteiger partial charge on any atom is -0.481 e. The SMILES string of the molecule is Cc1cccc2nc(CC(=O)NCCCCCC(=O)O)cn12. The fourth-order valence-corrected chi connectivity index (χ4v) is 2.32. The standard InChI is InChI=1S/C16H21N3O3/c1-12-6-5-7-14-18-13(11-19(12)14)10-15(20)17-9-4-2-3-8-16(21)22/h5-7,11H,2-4,8-10H2,1H3,(H,17,20)(H,21,22). The molecule has 2 aromatic rings. The van der Waals surface area contributed by atoms with E-state index in [1.54, 1.807) is 0 Å². The van der Waals surface area contributed by atoms with Gasteiger partial charge in [-0.15, -0.1) is 0 Å². The Bertz CT molecular complexity index is 664. The van der Waals surface area contributed by atoms with Gasteiger partial charge in [0, 0.05) is 24.9 Å². The van der Waals surface area contributed by atoms with Gasteiger partial charge < -0.3 is 14.8 Å². The number of amides is 1. The Labute approximate surface area is 129 Å². The molecule has 0 aliphatic heterocycles. The molecule has 0 aromatic carbocycles. The highest BCUT2D eigenvalue weighted by Gasteiger charge is 2.08. The van der Waals surface area contributed by atoms with E-state index in [1.807, 2.05) is 35.7 Å². The topological polar surface area (TPSA) is 83.7 Å². The molecule has 2 N–H and O–H groups in total. The third-order valence-corrected chi connectivity index (χ3v) is 3.48. The zero-order valence-electron chi connectivity index (χ0n) is 12.7. The van der Waals surface area contributed by atoms with E-state index in [-0.39, 0.29) is 18.7 Å². The molecule has 6 nitrogen and oxygen atoms in total. The summed E-state index contributed by atoms with van der Waals surface area (Å²) in [5.74, 6) is -0.828. The summed E-state index contributed by atoms with van der Waals surface area (Å²) in [6.07, 6.45) is 4.59. The van der Waals surface area contributed by atoms with Crippen LogP contribution in [-0.2, 0) is 16.0 Å². The first-order valence-corrected chi connectivity index (χ1v) is 7.48. The van der Waals surface area contributed by atoms with Crippen LogP contribution in [0.1, 0.15) is 37.1 Å². The predicted octanol–water partition coefficient (Wildman–Crippen LogP) is 1.95. The van der Waals surface area contributed by atoms with Crippen LogP contribution in [-0.4, -0.2) is 32.9 Å². The third kappa shape index (κ3) is 4.58. The van der Waals surface area contributed by atoms with Gasteiger partial charge in [-0.05, 0) is 31.9 Å². The first kappa shape index (κ1) is 16.0. The van der Waals surface area contributed by atoms with Gasteiger partial charge in [0.25, 0.3) is 0 Å². The molecule has 2 aromatic heterocycles. The maximum atomic E-state index is 11.9. The van der Waals surface area contributed by atoms with Gasteiger partial charge in [0.2, 0.25) is 5.91 Å². The summed E-state index contributed by atoms with van der Waals surface area (Å²) < 4.78 is 1.97. The summed E-state index contributed by atoms with van der Waals surface area (Å²) in [6, 6.07) is 5.85. The zero-order chi connectivity index (χ0) is 15.9. The molecule has 6 heteroatoms. The number of carbonyl (C=O) groups is 2. The maximum Gasteiger partial charge on any atom is 0.303 e. The fraction of sp³-hybridized carbons (Fsp3) is 0.438. The second-order valence-corrected chi connectivity index (χ2v) is 5.36. The minimum absolute atomic E-state index is 0.0562. The Hall–Kier alpha value is -2.37. The molecule has 0 radical (unpaired) electrons. The molecule has 0 saturated heterocycles. The van der Waals surface area contributed by atoms with Crippen LogP contribution >= 0.6 is 0 Å². The summed E-state index contributed by atoms with van der Waals surface area (Å²) in [4.78, 5) is 26.7. The average molecular weight is 303 g/mol. The van der Waals surface area contributed by atoms with E-state index in [1.165, 1.54) is 0 Å². The van der Waals surface area contributed by atoms with Gasteiger partial charge in [-0.2, -0.15) is 0 Å². The summed E-state index contributed by atoms with van der Waals surface area (Å²) in [7, 11) is 0. The van der Waals surface area contributed by atoms with Crippen LogP contribution in [0.25, 0.3) is 5.65 Å². The van der Waals surface area contributed by atoms with E-state index >= 15 is 0 Å². The molecule has 0 aliphatic carbocycles. The van der Waals surface area contributed by atoms with E-state index in [0.717, 1.165) is 29.9 Å². The second kappa shape index (κ2) is 7.59. The Morgan fingerprint density at radius 1 is 1.27 bits per heavy atom. The number of aromatic nitrogens is 2. The maximum absolute atomic E-state index is 11.9. The van der Waals surface area contributed by atoms with Crippen LogP contribution in [0.15, 0.2) is 24.4 Å². The lowest BCUT2D eigenvalue weighted by molar-refractivity contribution is -0.137. The minimum atomic E-state index is -0.772. The van der Waals surface area contributed by atoms with Crippen LogP contribution in [0.4, 0.5) is 0 Å². The van der Waals surface area contributed by atoms with E-state index < -0.39 is 5.97 Å². The molecule has 0 fully saturated rings. The van der Waals surface area contributed by atoms with Gasteiger partial charge in [0.1, 0.15) is 5.65 Å². The first-order chi connectivity index (χ1) is 10.6. The Kier molecular flexibility index (Phi) is 5.52. The number of unbranched alkanes of at least 4 members (excludes halogenated alkanes) is 2. The second-order valence-electron chi connectivity index (χ2n) is 5.36. The summed E-state index contributed by atoms with van der Waals surface area (Å²) in [5, 5.41) is 11.4. The Balaban J connectivity index is 1.74. The van der Waals surface area contributed by atoms with Crippen LogP contribution < -0.4 is 5.32 Å². The number of nitrogens with one attached hydrogen (secondary N) is 1. The van der Waals surface area contributed by atoms with E-state index in [9.17, 15) is 9.59 Å². The number of hydrogen-bond acceptors (Lipinski definition) is 3.